The van der Waals surface area contributed by atoms with Crippen molar-refractivity contribution >= 4 is 0 Å². The lowest BCUT2D eigenvalue weighted by Crippen LogP contribution is -2.47. The van der Waals surface area contributed by atoms with Gasteiger partial charge in [0.05, 0.1) is 5.60 Å². The second kappa shape index (κ2) is 7.74. The first-order chi connectivity index (χ1) is 9.27. The predicted molar refractivity (Wildman–Crippen MR) is 84.0 cm³/mol. The van der Waals surface area contributed by atoms with Gasteiger partial charge in [0.1, 0.15) is 0 Å². The highest BCUT2D eigenvalue weighted by atomic mass is 16.5. The number of likely N-dealkylation sites (N-methyl/N-ethyl adjacent to an activating group) is 1. The number of ether oxygens (including phenoxy) is 1. The van der Waals surface area contributed by atoms with E-state index in [1.54, 1.807) is 0 Å². The fourth-order valence-corrected chi connectivity index (χ4v) is 2.93. The summed E-state index contributed by atoms with van der Waals surface area (Å²) in [5.74, 6) is 0. The van der Waals surface area contributed by atoms with Crippen LogP contribution in [0, 0.1) is 5.41 Å². The molecule has 0 aromatic rings. The van der Waals surface area contributed by atoms with Crippen molar-refractivity contribution in [2.24, 2.45) is 5.41 Å². The van der Waals surface area contributed by atoms with Gasteiger partial charge in [-0.05, 0) is 32.0 Å². The zero-order valence-corrected chi connectivity index (χ0v) is 14.0. The van der Waals surface area contributed by atoms with Crippen molar-refractivity contribution in [2.45, 2.75) is 58.6 Å². The third-order valence-corrected chi connectivity index (χ3v) is 4.28. The number of hydrogen-bond donors (Lipinski definition) is 2. The molecular formula is C16H34N2O2. The second-order valence-electron chi connectivity index (χ2n) is 7.34. The third kappa shape index (κ3) is 6.08. The van der Waals surface area contributed by atoms with Gasteiger partial charge in [-0.2, -0.15) is 0 Å². The molecule has 0 amide bonds. The Labute approximate surface area is 124 Å². The van der Waals surface area contributed by atoms with Crippen LogP contribution in [0.25, 0.3) is 0 Å². The van der Waals surface area contributed by atoms with Crippen molar-refractivity contribution in [2.75, 3.05) is 39.9 Å². The van der Waals surface area contributed by atoms with Crippen LogP contribution in [-0.4, -0.2) is 61.5 Å². The summed E-state index contributed by atoms with van der Waals surface area (Å²) in [5, 5.41) is 14.1. The quantitative estimate of drug-likeness (QED) is 0.750. The first-order valence-electron chi connectivity index (χ1n) is 7.99. The average molecular weight is 286 g/mol. The summed E-state index contributed by atoms with van der Waals surface area (Å²) in [6.07, 6.45) is 2.63. The van der Waals surface area contributed by atoms with Crippen molar-refractivity contribution < 1.29 is 9.84 Å². The molecule has 120 valence electrons. The van der Waals surface area contributed by atoms with Crippen LogP contribution in [0.5, 0.6) is 0 Å². The molecular weight excluding hydrogens is 252 g/mol. The van der Waals surface area contributed by atoms with Crippen LogP contribution in [0.15, 0.2) is 0 Å². The number of nitrogens with one attached hydrogen (secondary N) is 1. The van der Waals surface area contributed by atoms with E-state index in [2.05, 4.69) is 45.0 Å². The molecule has 0 bridgehead atoms. The monoisotopic (exact) mass is 286 g/mol. The van der Waals surface area contributed by atoms with E-state index in [9.17, 15) is 5.11 Å². The number of aliphatic hydroxyl groups is 1. The maximum absolute atomic E-state index is 10.5. The van der Waals surface area contributed by atoms with Crippen LogP contribution in [0.1, 0.15) is 47.0 Å². The highest BCUT2D eigenvalue weighted by Gasteiger charge is 2.31. The van der Waals surface area contributed by atoms with Crippen LogP contribution in [0.4, 0.5) is 0 Å². The molecule has 0 aromatic carbocycles. The van der Waals surface area contributed by atoms with Gasteiger partial charge in [-0.1, -0.05) is 27.7 Å². The molecule has 2 N–H and O–H groups in total. The molecule has 1 unspecified atom stereocenters. The Hall–Kier alpha value is -0.160. The molecule has 4 heteroatoms. The average Bonchev–Trinajstić information content (AvgIpc) is 2.33. The fourth-order valence-electron chi connectivity index (χ4n) is 2.93. The van der Waals surface area contributed by atoms with E-state index >= 15 is 0 Å². The van der Waals surface area contributed by atoms with E-state index in [0.717, 1.165) is 38.9 Å². The van der Waals surface area contributed by atoms with Crippen LogP contribution < -0.4 is 5.32 Å². The van der Waals surface area contributed by atoms with Gasteiger partial charge in [-0.3, -0.25) is 0 Å². The zero-order valence-electron chi connectivity index (χ0n) is 14.0. The van der Waals surface area contributed by atoms with Crippen molar-refractivity contribution in [1.29, 1.82) is 0 Å². The van der Waals surface area contributed by atoms with Crippen molar-refractivity contribution in [3.63, 3.8) is 0 Å². The molecule has 0 spiro atoms. The Morgan fingerprint density at radius 3 is 2.40 bits per heavy atom. The SMILES string of the molecule is CCNC(CCN(C)CC1(O)CCOCC1)C(C)(C)C. The van der Waals surface area contributed by atoms with Gasteiger partial charge < -0.3 is 20.1 Å². The summed E-state index contributed by atoms with van der Waals surface area (Å²) >= 11 is 0. The van der Waals surface area contributed by atoms with Gasteiger partial charge >= 0.3 is 0 Å². The number of hydrogen-bond acceptors (Lipinski definition) is 4. The van der Waals surface area contributed by atoms with Crippen molar-refractivity contribution in [3.8, 4) is 0 Å². The Balaban J connectivity index is 2.39. The Morgan fingerprint density at radius 2 is 1.90 bits per heavy atom. The molecule has 0 saturated carbocycles. The minimum Gasteiger partial charge on any atom is -0.388 e. The van der Waals surface area contributed by atoms with Crippen LogP contribution >= 0.6 is 0 Å². The molecule has 20 heavy (non-hydrogen) atoms. The minimum absolute atomic E-state index is 0.270. The maximum Gasteiger partial charge on any atom is 0.0817 e. The topological polar surface area (TPSA) is 44.7 Å². The van der Waals surface area contributed by atoms with E-state index in [1.165, 1.54) is 0 Å². The van der Waals surface area contributed by atoms with Gasteiger partial charge in [-0.15, -0.1) is 0 Å². The highest BCUT2D eigenvalue weighted by molar-refractivity contribution is 4.85. The summed E-state index contributed by atoms with van der Waals surface area (Å²) < 4.78 is 5.33. The van der Waals surface area contributed by atoms with E-state index in [-0.39, 0.29) is 5.41 Å². The Bertz CT molecular complexity index is 270. The molecule has 1 atom stereocenters. The van der Waals surface area contributed by atoms with E-state index in [1.807, 2.05) is 0 Å². The first kappa shape index (κ1) is 17.9. The molecule has 1 aliphatic rings. The minimum atomic E-state index is -0.553. The third-order valence-electron chi connectivity index (χ3n) is 4.28. The molecule has 0 aromatic heterocycles. The molecule has 1 aliphatic heterocycles. The molecule has 4 nitrogen and oxygen atoms in total. The van der Waals surface area contributed by atoms with E-state index < -0.39 is 5.60 Å². The molecule has 1 saturated heterocycles. The summed E-state index contributed by atoms with van der Waals surface area (Å²) in [6.45, 7) is 13.2. The van der Waals surface area contributed by atoms with Crippen molar-refractivity contribution in [1.82, 2.24) is 10.2 Å². The predicted octanol–water partition coefficient (Wildman–Crippen LogP) is 1.87. The van der Waals surface area contributed by atoms with Gasteiger partial charge in [-0.25, -0.2) is 0 Å². The molecule has 1 fully saturated rings. The zero-order chi connectivity index (χ0) is 15.2. The molecule has 1 heterocycles. The Kier molecular flexibility index (Phi) is 6.92. The van der Waals surface area contributed by atoms with Crippen molar-refractivity contribution in [3.05, 3.63) is 0 Å². The molecule has 0 radical (unpaired) electrons. The smallest absolute Gasteiger partial charge is 0.0817 e. The highest BCUT2D eigenvalue weighted by Crippen LogP contribution is 2.24. The van der Waals surface area contributed by atoms with Gasteiger partial charge in [0, 0.05) is 38.6 Å². The summed E-state index contributed by atoms with van der Waals surface area (Å²) in [5.41, 5.74) is -0.283. The number of nitrogens with zero attached hydrogens (tertiary/aromatic N) is 1. The van der Waals surface area contributed by atoms with Crippen LogP contribution in [0.2, 0.25) is 0 Å². The summed E-state index contributed by atoms with van der Waals surface area (Å²) in [4.78, 5) is 2.27. The standard InChI is InChI=1S/C16H34N2O2/c1-6-17-14(15(2,3)4)7-10-18(5)13-16(19)8-11-20-12-9-16/h14,17,19H,6-13H2,1-5H3. The molecule has 1 rings (SSSR count). The van der Waals surface area contributed by atoms with E-state index in [4.69, 9.17) is 4.74 Å². The summed E-state index contributed by atoms with van der Waals surface area (Å²) in [7, 11) is 2.11. The first-order valence-corrected chi connectivity index (χ1v) is 7.99. The maximum atomic E-state index is 10.5. The van der Waals surface area contributed by atoms with Crippen LogP contribution in [-0.2, 0) is 4.74 Å². The lowest BCUT2D eigenvalue weighted by atomic mass is 9.84. The largest absolute Gasteiger partial charge is 0.388 e. The van der Waals surface area contributed by atoms with Gasteiger partial charge in [0.2, 0.25) is 0 Å². The van der Waals surface area contributed by atoms with Crippen LogP contribution in [0.3, 0.4) is 0 Å². The summed E-state index contributed by atoms with van der Waals surface area (Å²) in [6, 6.07) is 0.513. The molecule has 0 aliphatic carbocycles. The number of rotatable bonds is 7. The normalized spacial score (nSPS) is 21.1. The lowest BCUT2D eigenvalue weighted by molar-refractivity contribution is -0.0772. The second-order valence-corrected chi connectivity index (χ2v) is 7.34. The Morgan fingerprint density at radius 1 is 1.30 bits per heavy atom. The fraction of sp³-hybridized carbons (Fsp3) is 1.00. The lowest BCUT2D eigenvalue weighted by Gasteiger charge is -2.37. The van der Waals surface area contributed by atoms with Gasteiger partial charge in [0.15, 0.2) is 0 Å². The van der Waals surface area contributed by atoms with Gasteiger partial charge in [0.25, 0.3) is 0 Å². The van der Waals surface area contributed by atoms with E-state index in [0.29, 0.717) is 19.3 Å².